The summed E-state index contributed by atoms with van der Waals surface area (Å²) >= 11 is 0. The van der Waals surface area contributed by atoms with Crippen LogP contribution in [0.5, 0.6) is 5.75 Å². The maximum absolute atomic E-state index is 13.9. The van der Waals surface area contributed by atoms with E-state index in [0.29, 0.717) is 0 Å². The zero-order valence-corrected chi connectivity index (χ0v) is 23.5. The van der Waals surface area contributed by atoms with E-state index in [1.807, 2.05) is 0 Å². The van der Waals surface area contributed by atoms with Gasteiger partial charge in [0, 0.05) is 17.2 Å². The Morgan fingerprint density at radius 1 is 1.29 bits per heavy atom. The van der Waals surface area contributed by atoms with E-state index in [2.05, 4.69) is 20.1 Å². The average Bonchev–Trinajstić information content (AvgIpc) is 3.18. The van der Waals surface area contributed by atoms with Gasteiger partial charge in [-0.15, -0.1) is 0 Å². The molecule has 0 radical (unpaired) electrons. The van der Waals surface area contributed by atoms with Gasteiger partial charge in [-0.25, -0.2) is 9.36 Å². The Labute approximate surface area is 235 Å². The number of aliphatic hydroxyl groups excluding tert-OH is 1. The fraction of sp³-hybridized carbons (Fsp3) is 0.560. The van der Waals surface area contributed by atoms with Gasteiger partial charge in [0.15, 0.2) is 6.23 Å². The number of carbonyl (C=O) groups is 1. The minimum atomic E-state index is -4.31. The molecule has 0 amide bonds. The van der Waals surface area contributed by atoms with Gasteiger partial charge in [0.25, 0.3) is 5.56 Å². The molecule has 1 saturated carbocycles. The summed E-state index contributed by atoms with van der Waals surface area (Å²) < 4.78 is 37.6. The molecule has 1 aliphatic carbocycles. The number of esters is 1. The molecule has 15 nitrogen and oxygen atoms in total. The van der Waals surface area contributed by atoms with Crippen LogP contribution in [-0.4, -0.2) is 57.1 Å². The van der Waals surface area contributed by atoms with Crippen molar-refractivity contribution >= 4 is 13.7 Å². The van der Waals surface area contributed by atoms with E-state index in [4.69, 9.17) is 24.1 Å². The van der Waals surface area contributed by atoms with Gasteiger partial charge in [0.1, 0.15) is 29.5 Å². The molecule has 2 unspecified atom stereocenters. The van der Waals surface area contributed by atoms with Crippen LogP contribution in [0, 0.1) is 0 Å². The molecule has 16 heteroatoms. The molecule has 2 fully saturated rings. The van der Waals surface area contributed by atoms with Crippen molar-refractivity contribution in [1.29, 1.82) is 0 Å². The molecule has 41 heavy (non-hydrogen) atoms. The first-order chi connectivity index (χ1) is 19.5. The molecule has 0 spiro atoms. The lowest BCUT2D eigenvalue weighted by Crippen LogP contribution is -2.45. The number of aliphatic hydroxyl groups is 1. The van der Waals surface area contributed by atoms with Crippen molar-refractivity contribution < 1.29 is 33.0 Å². The van der Waals surface area contributed by atoms with Gasteiger partial charge in [-0.05, 0) is 57.2 Å². The number of carbonyl (C=O) groups excluding carboxylic acids is 1. The third kappa shape index (κ3) is 7.25. The van der Waals surface area contributed by atoms with Gasteiger partial charge in [0.2, 0.25) is 0 Å². The number of nitrogens with zero attached hydrogens (tertiary/aromatic N) is 4. The van der Waals surface area contributed by atoms with E-state index in [0.717, 1.165) is 48.9 Å². The number of ether oxygens (including phenoxy) is 2. The summed E-state index contributed by atoms with van der Waals surface area (Å²) in [6.45, 7) is 2.27. The summed E-state index contributed by atoms with van der Waals surface area (Å²) in [5, 5.41) is 17.3. The van der Waals surface area contributed by atoms with Crippen molar-refractivity contribution in [2.45, 2.75) is 82.1 Å². The Morgan fingerprint density at radius 3 is 2.66 bits per heavy atom. The monoisotopic (exact) mass is 592 g/mol. The van der Waals surface area contributed by atoms with E-state index in [1.54, 1.807) is 30.3 Å². The molecule has 2 heterocycles. The number of H-pyrrole nitrogens is 1. The van der Waals surface area contributed by atoms with Crippen LogP contribution in [0.1, 0.15) is 52.2 Å². The summed E-state index contributed by atoms with van der Waals surface area (Å²) in [7, 11) is -4.31. The second kappa shape index (κ2) is 13.0. The smallest absolute Gasteiger partial charge is 0.459 e. The van der Waals surface area contributed by atoms with Crippen LogP contribution in [0.4, 0.5) is 0 Å². The van der Waals surface area contributed by atoms with Crippen molar-refractivity contribution in [2.75, 3.05) is 6.61 Å². The highest BCUT2D eigenvalue weighted by atomic mass is 31.2. The van der Waals surface area contributed by atoms with Crippen LogP contribution in [0.3, 0.4) is 0 Å². The molecule has 6 atom stereocenters. The second-order valence-electron chi connectivity index (χ2n) is 10.1. The molecule has 2 aliphatic rings. The number of azide groups is 1. The van der Waals surface area contributed by atoms with Crippen LogP contribution < -0.4 is 20.9 Å². The van der Waals surface area contributed by atoms with Crippen LogP contribution in [0.2, 0.25) is 0 Å². The fourth-order valence-corrected chi connectivity index (χ4v) is 6.32. The van der Waals surface area contributed by atoms with Crippen LogP contribution in [0.25, 0.3) is 10.4 Å². The van der Waals surface area contributed by atoms with E-state index >= 15 is 0 Å². The number of benzene rings is 1. The third-order valence-corrected chi connectivity index (χ3v) is 8.68. The quantitative estimate of drug-likeness (QED) is 0.114. The third-order valence-electron chi connectivity index (χ3n) is 7.04. The number of hydrogen-bond donors (Lipinski definition) is 3. The minimum absolute atomic E-state index is 0.181. The number of para-hydroxylation sites is 1. The van der Waals surface area contributed by atoms with Gasteiger partial charge >= 0.3 is 19.4 Å². The Hall–Kier alpha value is -3.45. The van der Waals surface area contributed by atoms with E-state index in [1.165, 1.54) is 13.8 Å². The highest BCUT2D eigenvalue weighted by Gasteiger charge is 2.55. The molecule has 2 aromatic rings. The van der Waals surface area contributed by atoms with E-state index in [9.17, 15) is 24.1 Å². The van der Waals surface area contributed by atoms with Crippen LogP contribution in [-0.2, 0) is 23.4 Å². The normalized spacial score (nSPS) is 26.9. The standard InChI is InChI=1S/C25H33N6O9P/c1-16(22(34)38-17-9-5-3-6-10-17)28-41(36,40-18-11-7-4-8-12-18)37-15-19-21(33)25(2,29-30-26)23(39-19)31-14-13-20(32)27-24(31)35/h4,7-8,11-14,16-17,19,21,23,33H,3,5-6,9-10,15H2,1-2H3,(H,28,36)(H,27,32,35)/t16-,19+,21+,23?,25+,41?/m0/s1. The largest absolute Gasteiger partial charge is 0.461 e. The Bertz CT molecular complexity index is 1420. The Morgan fingerprint density at radius 2 is 2.00 bits per heavy atom. The van der Waals surface area contributed by atoms with E-state index in [-0.39, 0.29) is 11.9 Å². The SMILES string of the molecule is C[C@H](NP(=O)(OC[C@H]1OC(n2ccc(=O)[nH]c2=O)[C@](C)(N=[N+]=[N-])[C@@H]1O)Oc1ccccc1)C(=O)OC1CCCCC1. The number of hydrogen-bond acceptors (Lipinski definition) is 10. The fourth-order valence-electron chi connectivity index (χ4n) is 4.82. The molecular weight excluding hydrogens is 559 g/mol. The first kappa shape index (κ1) is 30.5. The first-order valence-electron chi connectivity index (χ1n) is 13.2. The summed E-state index contributed by atoms with van der Waals surface area (Å²) in [6.07, 6.45) is 1.28. The van der Waals surface area contributed by atoms with Crippen molar-refractivity contribution in [1.82, 2.24) is 14.6 Å². The molecule has 3 N–H and O–H groups in total. The zero-order valence-electron chi connectivity index (χ0n) is 22.6. The van der Waals surface area contributed by atoms with Gasteiger partial charge in [-0.3, -0.25) is 23.7 Å². The van der Waals surface area contributed by atoms with Crippen molar-refractivity contribution in [3.05, 3.63) is 73.9 Å². The summed E-state index contributed by atoms with van der Waals surface area (Å²) in [6, 6.07) is 8.11. The predicted molar refractivity (Wildman–Crippen MR) is 145 cm³/mol. The maximum Gasteiger partial charge on any atom is 0.459 e. The van der Waals surface area contributed by atoms with Crippen LogP contribution >= 0.6 is 7.75 Å². The van der Waals surface area contributed by atoms with Crippen molar-refractivity contribution in [3.8, 4) is 5.75 Å². The van der Waals surface area contributed by atoms with Crippen molar-refractivity contribution in [3.63, 3.8) is 0 Å². The lowest BCUT2D eigenvalue weighted by Gasteiger charge is -2.28. The first-order valence-corrected chi connectivity index (χ1v) is 14.8. The molecule has 0 bridgehead atoms. The number of nitrogens with one attached hydrogen (secondary N) is 2. The highest BCUT2D eigenvalue weighted by Crippen LogP contribution is 2.47. The Kier molecular flexibility index (Phi) is 9.69. The van der Waals surface area contributed by atoms with Gasteiger partial charge < -0.3 is 19.1 Å². The molecular formula is C25H33N6O9P. The predicted octanol–water partition coefficient (Wildman–Crippen LogP) is 2.92. The number of aromatic nitrogens is 2. The van der Waals surface area contributed by atoms with Crippen molar-refractivity contribution in [2.24, 2.45) is 5.11 Å². The molecule has 1 aliphatic heterocycles. The zero-order chi connectivity index (χ0) is 29.6. The molecule has 1 saturated heterocycles. The number of rotatable bonds is 11. The summed E-state index contributed by atoms with van der Waals surface area (Å²) in [5.41, 5.74) is 5.92. The molecule has 4 rings (SSSR count). The Balaban J connectivity index is 1.53. The average molecular weight is 593 g/mol. The van der Waals surface area contributed by atoms with Gasteiger partial charge in [0.05, 0.1) is 12.7 Å². The lowest BCUT2D eigenvalue weighted by molar-refractivity contribution is -0.152. The molecule has 1 aromatic carbocycles. The summed E-state index contributed by atoms with van der Waals surface area (Å²) in [5.74, 6) is -0.441. The second-order valence-corrected chi connectivity index (χ2v) is 11.8. The van der Waals surface area contributed by atoms with E-state index < -0.39 is 61.6 Å². The van der Waals surface area contributed by atoms with Gasteiger partial charge in [-0.2, -0.15) is 5.09 Å². The maximum atomic E-state index is 13.9. The van der Waals surface area contributed by atoms with Gasteiger partial charge in [-0.1, -0.05) is 29.7 Å². The summed E-state index contributed by atoms with van der Waals surface area (Å²) in [4.78, 5) is 41.6. The highest BCUT2D eigenvalue weighted by molar-refractivity contribution is 7.52. The lowest BCUT2D eigenvalue weighted by atomic mass is 9.93. The number of aromatic amines is 1. The molecule has 222 valence electrons. The topological polar surface area (TPSA) is 207 Å². The molecule has 1 aromatic heterocycles. The minimum Gasteiger partial charge on any atom is -0.461 e. The van der Waals surface area contributed by atoms with Crippen LogP contribution in [0.15, 0.2) is 57.3 Å².